The number of guanidine groups is 1. The molecule has 0 aliphatic carbocycles. The summed E-state index contributed by atoms with van der Waals surface area (Å²) >= 11 is 2.03. The molecule has 0 aromatic heterocycles. The Balaban J connectivity index is 0.00000288. The Hall–Kier alpha value is -0.960. The predicted octanol–water partition coefficient (Wildman–Crippen LogP) is 2.61. The summed E-state index contributed by atoms with van der Waals surface area (Å²) in [5, 5.41) is 10.0. The molecule has 0 radical (unpaired) electrons. The minimum Gasteiger partial charge on any atom is -0.357 e. The summed E-state index contributed by atoms with van der Waals surface area (Å²) in [5.41, 5.74) is 1.69. The molecular formula is C17H27IN4OS. The van der Waals surface area contributed by atoms with E-state index < -0.39 is 0 Å². The molecule has 5 nitrogen and oxygen atoms in total. The number of hydrogen-bond donors (Lipinski definition) is 3. The highest BCUT2D eigenvalue weighted by Crippen LogP contribution is 2.25. The van der Waals surface area contributed by atoms with Gasteiger partial charge in [-0.15, -0.1) is 24.0 Å². The zero-order valence-corrected chi connectivity index (χ0v) is 17.4. The van der Waals surface area contributed by atoms with E-state index in [0.717, 1.165) is 24.6 Å². The van der Waals surface area contributed by atoms with Crippen molar-refractivity contribution in [1.29, 1.82) is 0 Å². The number of hydrogen-bond acceptors (Lipinski definition) is 3. The molecule has 3 N–H and O–H groups in total. The standard InChI is InChI=1S/C17H26N4OS.HI/c1-3-19-17(21-12-15-8-5-9-23-15)20-11-13-6-4-7-14(10-13)16(22)18-2;/h4,6-7,10,15H,3,5,8-9,11-12H2,1-2H3,(H,18,22)(H2,19,20,21);1H. The van der Waals surface area contributed by atoms with Crippen LogP contribution in [-0.4, -0.2) is 43.0 Å². The molecule has 134 valence electrons. The summed E-state index contributed by atoms with van der Waals surface area (Å²) in [4.78, 5) is 16.3. The van der Waals surface area contributed by atoms with Crippen LogP contribution < -0.4 is 16.0 Å². The Morgan fingerprint density at radius 2 is 2.21 bits per heavy atom. The van der Waals surface area contributed by atoms with Gasteiger partial charge in [-0.1, -0.05) is 12.1 Å². The third kappa shape index (κ3) is 6.88. The second-order valence-corrected chi connectivity index (χ2v) is 6.90. The van der Waals surface area contributed by atoms with Crippen LogP contribution in [0.1, 0.15) is 35.7 Å². The van der Waals surface area contributed by atoms with Gasteiger partial charge < -0.3 is 16.0 Å². The Morgan fingerprint density at radius 3 is 2.88 bits per heavy atom. The van der Waals surface area contributed by atoms with Crippen LogP contribution >= 0.6 is 35.7 Å². The smallest absolute Gasteiger partial charge is 0.251 e. The van der Waals surface area contributed by atoms with E-state index in [4.69, 9.17) is 0 Å². The summed E-state index contributed by atoms with van der Waals surface area (Å²) in [6.45, 7) is 4.41. The minimum absolute atomic E-state index is 0. The van der Waals surface area contributed by atoms with Crippen LogP contribution in [0.25, 0.3) is 0 Å². The Kier molecular flexibility index (Phi) is 10.2. The van der Waals surface area contributed by atoms with Gasteiger partial charge in [-0.2, -0.15) is 11.8 Å². The maximum Gasteiger partial charge on any atom is 0.251 e. The van der Waals surface area contributed by atoms with Crippen molar-refractivity contribution in [2.75, 3.05) is 25.9 Å². The first-order valence-corrected chi connectivity index (χ1v) is 9.22. The molecule has 0 spiro atoms. The highest BCUT2D eigenvalue weighted by Gasteiger charge is 2.15. The van der Waals surface area contributed by atoms with Crippen LogP contribution in [0.4, 0.5) is 0 Å². The van der Waals surface area contributed by atoms with Crippen molar-refractivity contribution in [2.45, 2.75) is 31.6 Å². The fourth-order valence-electron chi connectivity index (χ4n) is 2.48. The van der Waals surface area contributed by atoms with Crippen molar-refractivity contribution in [1.82, 2.24) is 16.0 Å². The molecule has 1 amide bonds. The maximum absolute atomic E-state index is 11.7. The summed E-state index contributed by atoms with van der Waals surface area (Å²) in [7, 11) is 1.64. The highest BCUT2D eigenvalue weighted by atomic mass is 127. The fraction of sp³-hybridized carbons (Fsp3) is 0.529. The molecule has 0 bridgehead atoms. The molecule has 1 aliphatic rings. The van der Waals surface area contributed by atoms with E-state index in [1.165, 1.54) is 18.6 Å². The zero-order valence-electron chi connectivity index (χ0n) is 14.3. The average Bonchev–Trinajstić information content (AvgIpc) is 3.10. The van der Waals surface area contributed by atoms with Gasteiger partial charge in [-0.3, -0.25) is 4.79 Å². The maximum atomic E-state index is 11.7. The van der Waals surface area contributed by atoms with Gasteiger partial charge in [0.15, 0.2) is 5.96 Å². The van der Waals surface area contributed by atoms with Crippen LogP contribution in [-0.2, 0) is 6.54 Å². The number of rotatable bonds is 6. The first-order valence-electron chi connectivity index (χ1n) is 8.17. The van der Waals surface area contributed by atoms with Gasteiger partial charge in [0.25, 0.3) is 5.91 Å². The molecule has 1 unspecified atom stereocenters. The third-order valence-electron chi connectivity index (χ3n) is 3.70. The van der Waals surface area contributed by atoms with Gasteiger partial charge in [0.2, 0.25) is 0 Å². The van der Waals surface area contributed by atoms with E-state index in [1.54, 1.807) is 7.05 Å². The van der Waals surface area contributed by atoms with Crippen LogP contribution in [0.2, 0.25) is 0 Å². The van der Waals surface area contributed by atoms with Crippen molar-refractivity contribution in [3.63, 3.8) is 0 Å². The summed E-state index contributed by atoms with van der Waals surface area (Å²) in [6.07, 6.45) is 2.60. The SMILES string of the molecule is CCNC(=NCc1cccc(C(=O)NC)c1)NCC1CCCS1.I. The molecule has 24 heavy (non-hydrogen) atoms. The number of benzene rings is 1. The molecule has 2 rings (SSSR count). The number of carbonyl (C=O) groups is 1. The number of aliphatic imine (C=N–C) groups is 1. The third-order valence-corrected chi connectivity index (χ3v) is 5.10. The van der Waals surface area contributed by atoms with Crippen LogP contribution in [0.5, 0.6) is 0 Å². The van der Waals surface area contributed by atoms with E-state index in [2.05, 4.69) is 27.9 Å². The second kappa shape index (κ2) is 11.6. The van der Waals surface area contributed by atoms with Crippen molar-refractivity contribution in [3.8, 4) is 0 Å². The zero-order chi connectivity index (χ0) is 16.5. The lowest BCUT2D eigenvalue weighted by Gasteiger charge is -2.14. The van der Waals surface area contributed by atoms with Crippen molar-refractivity contribution >= 4 is 47.6 Å². The Morgan fingerprint density at radius 1 is 1.38 bits per heavy atom. The summed E-state index contributed by atoms with van der Waals surface area (Å²) in [6, 6.07) is 7.59. The van der Waals surface area contributed by atoms with Gasteiger partial charge >= 0.3 is 0 Å². The molecule has 0 saturated carbocycles. The molecule has 1 aliphatic heterocycles. The Labute approximate surface area is 165 Å². The number of thioether (sulfide) groups is 1. The molecule has 1 atom stereocenters. The highest BCUT2D eigenvalue weighted by molar-refractivity contribution is 14.0. The number of nitrogens with one attached hydrogen (secondary N) is 3. The van der Waals surface area contributed by atoms with Gasteiger partial charge in [-0.05, 0) is 43.2 Å². The number of halogens is 1. The van der Waals surface area contributed by atoms with E-state index >= 15 is 0 Å². The summed E-state index contributed by atoms with van der Waals surface area (Å²) in [5.74, 6) is 2.04. The van der Waals surface area contributed by atoms with E-state index in [0.29, 0.717) is 17.4 Å². The number of carbonyl (C=O) groups excluding carboxylic acids is 1. The van der Waals surface area contributed by atoms with Crippen LogP contribution in [0.15, 0.2) is 29.3 Å². The fourth-order valence-corrected chi connectivity index (χ4v) is 3.68. The van der Waals surface area contributed by atoms with Gasteiger partial charge in [0.1, 0.15) is 0 Å². The van der Waals surface area contributed by atoms with E-state index in [-0.39, 0.29) is 29.9 Å². The normalized spacial score (nSPS) is 17.1. The number of amides is 1. The van der Waals surface area contributed by atoms with E-state index in [1.807, 2.05) is 36.0 Å². The lowest BCUT2D eigenvalue weighted by molar-refractivity contribution is 0.0963. The lowest BCUT2D eigenvalue weighted by atomic mass is 10.1. The monoisotopic (exact) mass is 462 g/mol. The first kappa shape index (κ1) is 21.1. The molecule has 7 heteroatoms. The van der Waals surface area contributed by atoms with Crippen molar-refractivity contribution in [3.05, 3.63) is 35.4 Å². The van der Waals surface area contributed by atoms with Crippen LogP contribution in [0.3, 0.4) is 0 Å². The molecule has 1 saturated heterocycles. The van der Waals surface area contributed by atoms with Gasteiger partial charge in [-0.25, -0.2) is 4.99 Å². The number of nitrogens with zero attached hydrogens (tertiary/aromatic N) is 1. The minimum atomic E-state index is -0.0703. The van der Waals surface area contributed by atoms with E-state index in [9.17, 15) is 4.79 Å². The van der Waals surface area contributed by atoms with Crippen molar-refractivity contribution < 1.29 is 4.79 Å². The molecule has 1 heterocycles. The predicted molar refractivity (Wildman–Crippen MR) is 114 cm³/mol. The lowest BCUT2D eigenvalue weighted by Crippen LogP contribution is -2.40. The summed E-state index contributed by atoms with van der Waals surface area (Å²) < 4.78 is 0. The Bertz CT molecular complexity index is 547. The van der Waals surface area contributed by atoms with Gasteiger partial charge in [0, 0.05) is 31.0 Å². The first-order chi connectivity index (χ1) is 11.2. The largest absolute Gasteiger partial charge is 0.357 e. The molecule has 1 fully saturated rings. The topological polar surface area (TPSA) is 65.5 Å². The average molecular weight is 462 g/mol. The van der Waals surface area contributed by atoms with Crippen LogP contribution in [0, 0.1) is 0 Å². The second-order valence-electron chi connectivity index (χ2n) is 5.49. The van der Waals surface area contributed by atoms with Gasteiger partial charge in [0.05, 0.1) is 6.54 Å². The molecule has 1 aromatic rings. The van der Waals surface area contributed by atoms with Crippen molar-refractivity contribution in [2.24, 2.45) is 4.99 Å². The molecular weight excluding hydrogens is 435 g/mol. The molecule has 1 aromatic carbocycles. The quantitative estimate of drug-likeness (QED) is 0.346.